The van der Waals surface area contributed by atoms with Crippen LogP contribution in [-0.4, -0.2) is 24.6 Å². The minimum absolute atomic E-state index is 0.742. The van der Waals surface area contributed by atoms with Gasteiger partial charge in [-0.05, 0) is 37.9 Å². The van der Waals surface area contributed by atoms with E-state index in [-0.39, 0.29) is 0 Å². The molecule has 3 nitrogen and oxygen atoms in total. The summed E-state index contributed by atoms with van der Waals surface area (Å²) in [5.74, 6) is 1.07. The number of nitrogens with two attached hydrogens (primary N) is 1. The molecule has 0 atom stereocenters. The third-order valence-electron chi connectivity index (χ3n) is 2.35. The lowest BCUT2D eigenvalue weighted by atomic mass is 10.3. The van der Waals surface area contributed by atoms with Gasteiger partial charge < -0.3 is 10.6 Å². The summed E-state index contributed by atoms with van der Waals surface area (Å²) in [6.07, 6.45) is 4.08. The van der Waals surface area contributed by atoms with Crippen molar-refractivity contribution in [3.05, 3.63) is 23.9 Å². The number of pyridine rings is 1. The Morgan fingerprint density at radius 2 is 2.13 bits per heavy atom. The van der Waals surface area contributed by atoms with Crippen molar-refractivity contribution in [3.8, 4) is 0 Å². The molecule has 2 N–H and O–H groups in total. The molecule has 0 fully saturated rings. The molecule has 0 saturated carbocycles. The highest BCUT2D eigenvalue weighted by Gasteiger charge is 2.05. The first-order valence-electron chi connectivity index (χ1n) is 5.65. The molecule has 0 unspecified atom stereocenters. The van der Waals surface area contributed by atoms with Crippen LogP contribution in [0.15, 0.2) is 18.3 Å². The molecule has 15 heavy (non-hydrogen) atoms. The minimum atomic E-state index is 0.742. The summed E-state index contributed by atoms with van der Waals surface area (Å²) in [6, 6.07) is 4.19. The van der Waals surface area contributed by atoms with E-state index in [1.54, 1.807) is 0 Å². The van der Waals surface area contributed by atoms with Crippen LogP contribution in [0, 0.1) is 6.92 Å². The maximum absolute atomic E-state index is 5.53. The van der Waals surface area contributed by atoms with E-state index in [0.29, 0.717) is 0 Å². The summed E-state index contributed by atoms with van der Waals surface area (Å²) >= 11 is 0. The van der Waals surface area contributed by atoms with Crippen molar-refractivity contribution in [2.45, 2.75) is 26.7 Å². The second-order valence-electron chi connectivity index (χ2n) is 3.82. The van der Waals surface area contributed by atoms with Crippen molar-refractivity contribution in [2.24, 2.45) is 5.73 Å². The highest BCUT2D eigenvalue weighted by molar-refractivity contribution is 5.38. The van der Waals surface area contributed by atoms with Gasteiger partial charge in [0.15, 0.2) is 0 Å². The first kappa shape index (κ1) is 12.0. The van der Waals surface area contributed by atoms with Crippen LogP contribution in [0.4, 0.5) is 5.82 Å². The predicted octanol–water partition coefficient (Wildman–Crippen LogP) is 1.96. The van der Waals surface area contributed by atoms with Crippen LogP contribution >= 0.6 is 0 Å². The summed E-state index contributed by atoms with van der Waals surface area (Å²) in [5.41, 5.74) is 6.73. The van der Waals surface area contributed by atoms with Crippen LogP contribution < -0.4 is 10.6 Å². The monoisotopic (exact) mass is 207 g/mol. The molecule has 1 heterocycles. The fraction of sp³-hybridized carbons (Fsp3) is 0.583. The molecule has 1 rings (SSSR count). The zero-order valence-electron chi connectivity index (χ0n) is 9.74. The van der Waals surface area contributed by atoms with Crippen LogP contribution in [0.5, 0.6) is 0 Å². The Bertz CT molecular complexity index is 269. The summed E-state index contributed by atoms with van der Waals surface area (Å²) in [7, 11) is 0. The molecule has 0 spiro atoms. The molecule has 0 aliphatic carbocycles. The number of nitrogens with zero attached hydrogens (tertiary/aromatic N) is 2. The van der Waals surface area contributed by atoms with Gasteiger partial charge in [0.2, 0.25) is 0 Å². The highest BCUT2D eigenvalue weighted by Crippen LogP contribution is 2.11. The van der Waals surface area contributed by atoms with E-state index in [0.717, 1.165) is 38.3 Å². The van der Waals surface area contributed by atoms with Gasteiger partial charge in [0.05, 0.1) is 0 Å². The number of hydrogen-bond acceptors (Lipinski definition) is 3. The molecular weight excluding hydrogens is 186 g/mol. The molecule has 3 heteroatoms. The number of aromatic nitrogens is 1. The first-order chi connectivity index (χ1) is 7.27. The summed E-state index contributed by atoms with van der Waals surface area (Å²) < 4.78 is 0. The van der Waals surface area contributed by atoms with E-state index >= 15 is 0 Å². The van der Waals surface area contributed by atoms with Crippen molar-refractivity contribution < 1.29 is 0 Å². The van der Waals surface area contributed by atoms with Crippen LogP contribution in [0.2, 0.25) is 0 Å². The van der Waals surface area contributed by atoms with Crippen molar-refractivity contribution >= 4 is 5.82 Å². The van der Waals surface area contributed by atoms with Crippen LogP contribution in [0.3, 0.4) is 0 Å². The van der Waals surface area contributed by atoms with Crippen molar-refractivity contribution in [2.75, 3.05) is 24.5 Å². The predicted molar refractivity (Wildman–Crippen MR) is 65.1 cm³/mol. The van der Waals surface area contributed by atoms with E-state index < -0.39 is 0 Å². The van der Waals surface area contributed by atoms with E-state index in [4.69, 9.17) is 5.73 Å². The third kappa shape index (κ3) is 3.88. The average Bonchev–Trinajstić information content (AvgIpc) is 2.25. The second-order valence-corrected chi connectivity index (χ2v) is 3.82. The Kier molecular flexibility index (Phi) is 5.12. The van der Waals surface area contributed by atoms with Gasteiger partial charge in [-0.2, -0.15) is 0 Å². The molecule has 1 aromatic rings. The van der Waals surface area contributed by atoms with Gasteiger partial charge in [0.25, 0.3) is 0 Å². The van der Waals surface area contributed by atoms with E-state index in [1.807, 2.05) is 6.20 Å². The molecule has 84 valence electrons. The molecular formula is C12H21N3. The Balaban J connectivity index is 2.65. The smallest absolute Gasteiger partial charge is 0.128 e. The van der Waals surface area contributed by atoms with Crippen LogP contribution in [0.25, 0.3) is 0 Å². The zero-order chi connectivity index (χ0) is 11.1. The number of rotatable bonds is 6. The van der Waals surface area contributed by atoms with Gasteiger partial charge >= 0.3 is 0 Å². The van der Waals surface area contributed by atoms with Gasteiger partial charge in [0, 0.05) is 19.3 Å². The molecule has 0 saturated heterocycles. The lowest BCUT2D eigenvalue weighted by Gasteiger charge is -2.22. The van der Waals surface area contributed by atoms with E-state index in [2.05, 4.69) is 35.9 Å². The Hall–Kier alpha value is -1.09. The SMILES string of the molecule is CCCN(CCCN)c1ccc(C)cn1. The van der Waals surface area contributed by atoms with Crippen molar-refractivity contribution in [3.63, 3.8) is 0 Å². The second kappa shape index (κ2) is 6.40. The number of hydrogen-bond donors (Lipinski definition) is 1. The highest BCUT2D eigenvalue weighted by atomic mass is 15.2. The normalized spacial score (nSPS) is 10.3. The summed E-state index contributed by atoms with van der Waals surface area (Å²) in [5, 5.41) is 0. The maximum atomic E-state index is 5.53. The largest absolute Gasteiger partial charge is 0.357 e. The summed E-state index contributed by atoms with van der Waals surface area (Å²) in [6.45, 7) is 7.03. The summed E-state index contributed by atoms with van der Waals surface area (Å²) in [4.78, 5) is 6.73. The maximum Gasteiger partial charge on any atom is 0.128 e. The van der Waals surface area contributed by atoms with Gasteiger partial charge in [-0.3, -0.25) is 0 Å². The lowest BCUT2D eigenvalue weighted by molar-refractivity contribution is 0.711. The Labute approximate surface area is 92.3 Å². The Morgan fingerprint density at radius 3 is 2.67 bits per heavy atom. The fourth-order valence-electron chi connectivity index (χ4n) is 1.54. The molecule has 0 aliphatic rings. The molecule has 0 aromatic carbocycles. The van der Waals surface area contributed by atoms with Gasteiger partial charge in [0.1, 0.15) is 5.82 Å². The van der Waals surface area contributed by atoms with E-state index in [9.17, 15) is 0 Å². The standard InChI is InChI=1S/C12H21N3/c1-3-8-15(9-4-7-13)12-6-5-11(2)10-14-12/h5-6,10H,3-4,7-9,13H2,1-2H3. The topological polar surface area (TPSA) is 42.1 Å². The van der Waals surface area contributed by atoms with Crippen LogP contribution in [-0.2, 0) is 0 Å². The van der Waals surface area contributed by atoms with Crippen molar-refractivity contribution in [1.29, 1.82) is 0 Å². The van der Waals surface area contributed by atoms with Gasteiger partial charge in [-0.1, -0.05) is 13.0 Å². The molecule has 0 radical (unpaired) electrons. The van der Waals surface area contributed by atoms with E-state index in [1.165, 1.54) is 5.56 Å². The lowest BCUT2D eigenvalue weighted by Crippen LogP contribution is -2.27. The zero-order valence-corrected chi connectivity index (χ0v) is 9.74. The number of anilines is 1. The average molecular weight is 207 g/mol. The van der Waals surface area contributed by atoms with Crippen molar-refractivity contribution in [1.82, 2.24) is 4.98 Å². The Morgan fingerprint density at radius 1 is 1.33 bits per heavy atom. The van der Waals surface area contributed by atoms with Gasteiger partial charge in [-0.15, -0.1) is 0 Å². The van der Waals surface area contributed by atoms with Gasteiger partial charge in [-0.25, -0.2) is 4.98 Å². The fourth-order valence-corrected chi connectivity index (χ4v) is 1.54. The minimum Gasteiger partial charge on any atom is -0.357 e. The quantitative estimate of drug-likeness (QED) is 0.775. The molecule has 0 amide bonds. The van der Waals surface area contributed by atoms with Crippen LogP contribution in [0.1, 0.15) is 25.3 Å². The third-order valence-corrected chi connectivity index (χ3v) is 2.35. The molecule has 1 aromatic heterocycles. The molecule has 0 aliphatic heterocycles. The number of aryl methyl sites for hydroxylation is 1. The molecule has 0 bridgehead atoms. The first-order valence-corrected chi connectivity index (χ1v) is 5.65.